The first-order valence-electron chi connectivity index (χ1n) is 9.14. The first-order valence-corrected chi connectivity index (χ1v) is 10.1. The third-order valence-electron chi connectivity index (χ3n) is 4.25. The minimum absolute atomic E-state index is 0.0816. The lowest BCUT2D eigenvalue weighted by Gasteiger charge is -2.01. The number of halogens is 2. The number of esters is 1. The van der Waals surface area contributed by atoms with E-state index in [1.165, 1.54) is 11.8 Å². The molecule has 0 spiro atoms. The van der Waals surface area contributed by atoms with Crippen LogP contribution in [-0.4, -0.2) is 28.5 Å². The van der Waals surface area contributed by atoms with E-state index in [-0.39, 0.29) is 12.2 Å². The normalized spacial score (nSPS) is 10.5. The maximum absolute atomic E-state index is 13.1. The molecular weight excluding hydrogens is 422 g/mol. The van der Waals surface area contributed by atoms with E-state index in [0.29, 0.717) is 16.9 Å². The van der Waals surface area contributed by atoms with Gasteiger partial charge in [-0.3, -0.25) is 0 Å². The quantitative estimate of drug-likeness (QED) is 0.246. The van der Waals surface area contributed by atoms with Crippen molar-refractivity contribution in [1.82, 2.24) is 10.2 Å². The van der Waals surface area contributed by atoms with Crippen LogP contribution in [0.3, 0.4) is 0 Å². The average Bonchev–Trinajstić information content (AvgIpc) is 3.26. The van der Waals surface area contributed by atoms with Crippen molar-refractivity contribution in [3.63, 3.8) is 0 Å². The second kappa shape index (κ2) is 9.41. The Bertz CT molecular complexity index is 1310. The summed E-state index contributed by atoms with van der Waals surface area (Å²) in [4.78, 5) is 11.8. The molecule has 0 N–H and O–H groups in total. The molecule has 1 aromatic heterocycles. The minimum Gasteiger partial charge on any atom is -0.449 e. The summed E-state index contributed by atoms with van der Waals surface area (Å²) < 4.78 is 36.7. The van der Waals surface area contributed by atoms with Crippen LogP contribution >= 0.6 is 11.8 Å². The number of nitrogens with zero attached hydrogens (tertiary/aromatic N) is 2. The van der Waals surface area contributed by atoms with Crippen molar-refractivity contribution in [2.24, 2.45) is 0 Å². The fourth-order valence-electron chi connectivity index (χ4n) is 2.80. The van der Waals surface area contributed by atoms with E-state index in [4.69, 9.17) is 9.15 Å². The zero-order chi connectivity index (χ0) is 21.6. The van der Waals surface area contributed by atoms with E-state index in [9.17, 15) is 13.6 Å². The molecule has 5 nitrogen and oxygen atoms in total. The maximum atomic E-state index is 13.1. The molecule has 31 heavy (non-hydrogen) atoms. The summed E-state index contributed by atoms with van der Waals surface area (Å²) in [7, 11) is 0. The highest BCUT2D eigenvalue weighted by Crippen LogP contribution is 2.29. The van der Waals surface area contributed by atoms with Gasteiger partial charge in [-0.1, -0.05) is 60.0 Å². The third kappa shape index (κ3) is 4.90. The number of hydrogen-bond donors (Lipinski definition) is 0. The molecule has 0 aliphatic heterocycles. The molecule has 0 amide bonds. The highest BCUT2D eigenvalue weighted by molar-refractivity contribution is 7.99. The van der Waals surface area contributed by atoms with Gasteiger partial charge in [-0.2, -0.15) is 0 Å². The summed E-state index contributed by atoms with van der Waals surface area (Å²) in [5.41, 5.74) is 0.773. The lowest BCUT2D eigenvalue weighted by molar-refractivity contribution is 0.0556. The molecule has 0 aliphatic carbocycles. The highest BCUT2D eigenvalue weighted by Gasteiger charge is 2.12. The van der Waals surface area contributed by atoms with Gasteiger partial charge >= 0.3 is 5.97 Å². The van der Waals surface area contributed by atoms with Crippen LogP contribution in [0.5, 0.6) is 0 Å². The van der Waals surface area contributed by atoms with Gasteiger partial charge in [0, 0.05) is 5.56 Å². The van der Waals surface area contributed by atoms with Gasteiger partial charge in [0.1, 0.15) is 0 Å². The van der Waals surface area contributed by atoms with Crippen LogP contribution in [0.4, 0.5) is 8.78 Å². The standard InChI is InChI=1S/C23H14F2N2O3S/c24-19-11-10-16(14-20(19)25)22(28)29-12-3-4-13-31-23-27-26-21(30-23)18-9-5-7-15-6-1-2-8-17(15)18/h1-2,5-11,14H,12-13H2. The molecule has 0 saturated carbocycles. The minimum atomic E-state index is -1.11. The Labute approximate surface area is 180 Å². The van der Waals surface area contributed by atoms with Gasteiger partial charge in [0.25, 0.3) is 5.22 Å². The average molecular weight is 436 g/mol. The number of ether oxygens (including phenoxy) is 1. The first kappa shape index (κ1) is 20.6. The number of benzene rings is 3. The molecule has 8 heteroatoms. The second-order valence-corrected chi connectivity index (χ2v) is 7.17. The molecule has 0 fully saturated rings. The first-order chi connectivity index (χ1) is 15.1. The smallest absolute Gasteiger partial charge is 0.339 e. The molecule has 4 aromatic rings. The van der Waals surface area contributed by atoms with Gasteiger partial charge in [0.05, 0.1) is 11.3 Å². The molecule has 1 heterocycles. The van der Waals surface area contributed by atoms with E-state index in [1.54, 1.807) is 0 Å². The van der Waals surface area contributed by atoms with Crippen LogP contribution in [0.1, 0.15) is 10.4 Å². The van der Waals surface area contributed by atoms with Crippen molar-refractivity contribution in [1.29, 1.82) is 0 Å². The van der Waals surface area contributed by atoms with Crippen LogP contribution in [0.25, 0.3) is 22.2 Å². The van der Waals surface area contributed by atoms with E-state index >= 15 is 0 Å². The Balaban J connectivity index is 1.30. The number of carbonyl (C=O) groups is 1. The molecule has 0 unspecified atom stereocenters. The highest BCUT2D eigenvalue weighted by atomic mass is 32.2. The fraction of sp³-hybridized carbons (Fsp3) is 0.0870. The van der Waals surface area contributed by atoms with Crippen LogP contribution < -0.4 is 0 Å². The van der Waals surface area contributed by atoms with Gasteiger partial charge in [0.15, 0.2) is 18.2 Å². The Morgan fingerprint density at radius 3 is 2.71 bits per heavy atom. The number of thioether (sulfide) groups is 1. The zero-order valence-corrected chi connectivity index (χ0v) is 16.8. The van der Waals surface area contributed by atoms with Crippen LogP contribution in [0.15, 0.2) is 70.3 Å². The van der Waals surface area contributed by atoms with Crippen molar-refractivity contribution < 1.29 is 22.7 Å². The lowest BCUT2D eigenvalue weighted by atomic mass is 10.0. The zero-order valence-electron chi connectivity index (χ0n) is 16.0. The van der Waals surface area contributed by atoms with Crippen LogP contribution in [-0.2, 0) is 4.74 Å². The number of hydrogen-bond acceptors (Lipinski definition) is 6. The van der Waals surface area contributed by atoms with Gasteiger partial charge in [-0.15, -0.1) is 10.2 Å². The SMILES string of the molecule is O=C(OCC#CCSc1nnc(-c2cccc3ccccc23)o1)c1ccc(F)c(F)c1. The Morgan fingerprint density at radius 2 is 1.84 bits per heavy atom. The van der Waals surface area contributed by atoms with Crippen molar-refractivity contribution in [2.45, 2.75) is 5.22 Å². The number of rotatable bonds is 5. The molecule has 0 atom stereocenters. The molecule has 0 radical (unpaired) electrons. The number of fused-ring (bicyclic) bond motifs is 1. The lowest BCUT2D eigenvalue weighted by Crippen LogP contribution is -2.06. The Morgan fingerprint density at radius 1 is 1.00 bits per heavy atom. The molecule has 3 aromatic carbocycles. The van der Waals surface area contributed by atoms with E-state index < -0.39 is 17.6 Å². The summed E-state index contributed by atoms with van der Waals surface area (Å²) in [5.74, 6) is 3.34. The van der Waals surface area contributed by atoms with Gasteiger partial charge in [-0.25, -0.2) is 13.6 Å². The van der Waals surface area contributed by atoms with Crippen LogP contribution in [0.2, 0.25) is 0 Å². The van der Waals surface area contributed by atoms with E-state index in [2.05, 4.69) is 22.0 Å². The summed E-state index contributed by atoms with van der Waals surface area (Å²) >= 11 is 1.25. The van der Waals surface area contributed by atoms with E-state index in [1.807, 2.05) is 42.5 Å². The maximum Gasteiger partial charge on any atom is 0.339 e. The van der Waals surface area contributed by atoms with Crippen molar-refractivity contribution in [2.75, 3.05) is 12.4 Å². The largest absolute Gasteiger partial charge is 0.449 e. The summed E-state index contributed by atoms with van der Waals surface area (Å²) in [6, 6.07) is 16.6. The van der Waals surface area contributed by atoms with Gasteiger partial charge in [0.2, 0.25) is 5.89 Å². The number of carbonyl (C=O) groups excluding carboxylic acids is 1. The molecular formula is C23H14F2N2O3S. The van der Waals surface area contributed by atoms with Crippen molar-refractivity contribution >= 4 is 28.5 Å². The van der Waals surface area contributed by atoms with E-state index in [0.717, 1.165) is 34.5 Å². The van der Waals surface area contributed by atoms with Gasteiger partial charge < -0.3 is 9.15 Å². The third-order valence-corrected chi connectivity index (χ3v) is 4.95. The second-order valence-electron chi connectivity index (χ2n) is 6.25. The molecule has 4 rings (SSSR count). The predicted molar refractivity (Wildman–Crippen MR) is 112 cm³/mol. The molecule has 0 aliphatic rings. The predicted octanol–water partition coefficient (Wildman–Crippen LogP) is 5.12. The van der Waals surface area contributed by atoms with Crippen molar-refractivity contribution in [3.05, 3.63) is 77.9 Å². The topological polar surface area (TPSA) is 65.2 Å². The van der Waals surface area contributed by atoms with Crippen molar-refractivity contribution in [3.8, 4) is 23.3 Å². The fourth-order valence-corrected chi connectivity index (χ4v) is 3.33. The van der Waals surface area contributed by atoms with Crippen LogP contribution in [0, 0.1) is 23.5 Å². The molecule has 0 bridgehead atoms. The Hall–Kier alpha value is -3.70. The molecule has 154 valence electrons. The summed E-state index contributed by atoms with van der Waals surface area (Å²) in [5, 5.41) is 10.6. The Kier molecular flexibility index (Phi) is 6.24. The number of aromatic nitrogens is 2. The monoisotopic (exact) mass is 436 g/mol. The summed E-state index contributed by atoms with van der Waals surface area (Å²) in [6.45, 7) is -0.177. The van der Waals surface area contributed by atoms with Gasteiger partial charge in [-0.05, 0) is 35.0 Å². The summed E-state index contributed by atoms with van der Waals surface area (Å²) in [6.07, 6.45) is 0. The molecule has 0 saturated heterocycles.